The van der Waals surface area contributed by atoms with Crippen molar-refractivity contribution in [2.75, 3.05) is 0 Å². The summed E-state index contributed by atoms with van der Waals surface area (Å²) in [5, 5.41) is 0. The maximum Gasteiger partial charge on any atom is 0 e. The molecule has 0 saturated carbocycles. The molecule has 0 radical (unpaired) electrons. The Hall–Kier alpha value is 0.774. The Labute approximate surface area is 107 Å². The molecule has 0 nitrogen and oxygen atoms in total. The van der Waals surface area contributed by atoms with E-state index in [1.54, 1.807) is 0 Å². The topological polar surface area (TPSA) is 0 Å². The summed E-state index contributed by atoms with van der Waals surface area (Å²) in [6, 6.07) is 0. The van der Waals surface area contributed by atoms with Gasteiger partial charge in [0, 0.05) is 21.7 Å². The number of allylic oxidation sites excluding steroid dienone is 4. The van der Waals surface area contributed by atoms with Crippen molar-refractivity contribution < 1.29 is 21.7 Å². The summed E-state index contributed by atoms with van der Waals surface area (Å²) < 4.78 is 0. The standard InChI is InChI=1S/C5H5.4CH3.2ClH.Ti/c1-2-4-5-3-1;;;;;;;/h1-3H,4H2;4*1H3;2*1H;/q5*-1;;;. The first kappa shape index (κ1) is 53.1. The Balaban J connectivity index is -0.00000000714. The molecule has 0 unspecified atom stereocenters. The fraction of sp³-hybridized carbons (Fsp3) is 0.111. The van der Waals surface area contributed by atoms with E-state index >= 15 is 0 Å². The SMILES string of the molecule is Cl.Cl.[C-]1=CC=CC1.[CH3-].[CH3-].[CH3-].[CH3-].[Ti]. The van der Waals surface area contributed by atoms with Gasteiger partial charge in [-0.05, 0) is 0 Å². The van der Waals surface area contributed by atoms with Gasteiger partial charge in [-0.1, -0.05) is 0 Å². The van der Waals surface area contributed by atoms with Crippen molar-refractivity contribution in [1.29, 1.82) is 0 Å². The molecule has 0 aromatic rings. The summed E-state index contributed by atoms with van der Waals surface area (Å²) in [5.74, 6) is 0. The van der Waals surface area contributed by atoms with Gasteiger partial charge in [0.1, 0.15) is 0 Å². The fourth-order valence-corrected chi connectivity index (χ4v) is 0.340. The first-order valence-electron chi connectivity index (χ1n) is 1.72. The molecule has 0 bridgehead atoms. The second-order valence-electron chi connectivity index (χ2n) is 1.00. The van der Waals surface area contributed by atoms with Gasteiger partial charge in [-0.15, -0.1) is 31.2 Å². The molecule has 78 valence electrons. The Morgan fingerprint density at radius 1 is 0.917 bits per heavy atom. The van der Waals surface area contributed by atoms with Gasteiger partial charge in [-0.3, -0.25) is 6.08 Å². The second-order valence-corrected chi connectivity index (χ2v) is 1.00. The molecule has 0 heterocycles. The van der Waals surface area contributed by atoms with Gasteiger partial charge >= 0.3 is 0 Å². The van der Waals surface area contributed by atoms with Crippen LogP contribution < -0.4 is 0 Å². The van der Waals surface area contributed by atoms with E-state index < -0.39 is 0 Å². The Kier molecular flexibility index (Phi) is 181. The molecule has 0 aromatic heterocycles. The van der Waals surface area contributed by atoms with E-state index in [0.717, 1.165) is 6.42 Å². The minimum Gasteiger partial charge on any atom is -0.358 e. The molecule has 0 fully saturated rings. The average Bonchev–Trinajstić information content (AvgIpc) is 1.76. The molecule has 0 spiro atoms. The molecular weight excluding hydrogens is 227 g/mol. The van der Waals surface area contributed by atoms with Gasteiger partial charge in [0.25, 0.3) is 0 Å². The molecule has 0 N–H and O–H groups in total. The van der Waals surface area contributed by atoms with E-state index in [2.05, 4.69) is 12.2 Å². The van der Waals surface area contributed by atoms with Crippen molar-refractivity contribution >= 4 is 24.8 Å². The zero-order valence-electron chi connectivity index (χ0n) is 8.26. The average molecular weight is 246 g/mol. The number of rotatable bonds is 0. The Morgan fingerprint density at radius 2 is 1.33 bits per heavy atom. The van der Waals surface area contributed by atoms with Gasteiger partial charge in [0.15, 0.2) is 0 Å². The third kappa shape index (κ3) is 30.9. The van der Waals surface area contributed by atoms with Crippen LogP contribution in [0.5, 0.6) is 0 Å². The molecule has 0 saturated heterocycles. The summed E-state index contributed by atoms with van der Waals surface area (Å²) in [7, 11) is 0. The minimum atomic E-state index is 0. The van der Waals surface area contributed by atoms with Gasteiger partial charge in [-0.25, -0.2) is 12.2 Å². The Morgan fingerprint density at radius 3 is 1.42 bits per heavy atom. The summed E-state index contributed by atoms with van der Waals surface area (Å²) >= 11 is 0. The molecule has 12 heavy (non-hydrogen) atoms. The van der Waals surface area contributed by atoms with Crippen molar-refractivity contribution in [3.63, 3.8) is 0 Å². The zero-order chi connectivity index (χ0) is 3.54. The normalized spacial score (nSPS) is 7.33. The first-order chi connectivity index (χ1) is 2.50. The van der Waals surface area contributed by atoms with Crippen LogP contribution in [0, 0.1) is 35.8 Å². The van der Waals surface area contributed by atoms with E-state index in [4.69, 9.17) is 0 Å². The molecule has 1 rings (SSSR count). The van der Waals surface area contributed by atoms with Crippen molar-refractivity contribution in [2.24, 2.45) is 0 Å². The van der Waals surface area contributed by atoms with Crippen molar-refractivity contribution in [3.8, 4) is 0 Å². The van der Waals surface area contributed by atoms with Crippen LogP contribution in [0.15, 0.2) is 18.2 Å². The quantitative estimate of drug-likeness (QED) is 0.448. The van der Waals surface area contributed by atoms with Crippen LogP contribution in [0.2, 0.25) is 0 Å². The van der Waals surface area contributed by atoms with Crippen LogP contribution in [-0.2, 0) is 21.7 Å². The van der Waals surface area contributed by atoms with Crippen molar-refractivity contribution in [1.82, 2.24) is 0 Å². The van der Waals surface area contributed by atoms with E-state index in [-0.39, 0.29) is 76.2 Å². The van der Waals surface area contributed by atoms with Gasteiger partial charge in [-0.2, -0.15) is 6.08 Å². The smallest absolute Gasteiger partial charge is 0 e. The van der Waals surface area contributed by atoms with Gasteiger partial charge in [0.2, 0.25) is 0 Å². The maximum absolute atomic E-state index is 2.99. The van der Waals surface area contributed by atoms with Crippen LogP contribution in [0.1, 0.15) is 6.42 Å². The summed E-state index contributed by atoms with van der Waals surface area (Å²) in [6.07, 6.45) is 10.0. The van der Waals surface area contributed by atoms with Crippen molar-refractivity contribution in [3.05, 3.63) is 54.0 Å². The zero-order valence-corrected chi connectivity index (χ0v) is 11.5. The van der Waals surface area contributed by atoms with Crippen LogP contribution in [0.25, 0.3) is 0 Å². The summed E-state index contributed by atoms with van der Waals surface area (Å²) in [4.78, 5) is 0. The van der Waals surface area contributed by atoms with E-state index in [0.29, 0.717) is 0 Å². The summed E-state index contributed by atoms with van der Waals surface area (Å²) in [5.41, 5.74) is 0. The fourth-order valence-electron chi connectivity index (χ4n) is 0.340. The first-order valence-corrected chi connectivity index (χ1v) is 1.72. The molecule has 0 atom stereocenters. The number of hydrogen-bond acceptors (Lipinski definition) is 0. The third-order valence-electron chi connectivity index (χ3n) is 0.586. The molecule has 1 aliphatic carbocycles. The van der Waals surface area contributed by atoms with E-state index in [9.17, 15) is 0 Å². The molecule has 0 amide bonds. The predicted molar refractivity (Wildman–Crippen MR) is 61.7 cm³/mol. The largest absolute Gasteiger partial charge is 0.358 e. The predicted octanol–water partition coefficient (Wildman–Crippen LogP) is 3.95. The van der Waals surface area contributed by atoms with Gasteiger partial charge < -0.3 is 29.7 Å². The molecular formula is C9H19Cl2Ti-5. The molecule has 1 aliphatic rings. The summed E-state index contributed by atoms with van der Waals surface area (Å²) in [6.45, 7) is 0. The second kappa shape index (κ2) is 41.0. The van der Waals surface area contributed by atoms with Crippen LogP contribution in [0.4, 0.5) is 0 Å². The van der Waals surface area contributed by atoms with E-state index in [1.165, 1.54) is 0 Å². The van der Waals surface area contributed by atoms with Crippen LogP contribution >= 0.6 is 24.8 Å². The van der Waals surface area contributed by atoms with Crippen LogP contribution in [0.3, 0.4) is 0 Å². The monoisotopic (exact) mass is 245 g/mol. The van der Waals surface area contributed by atoms with E-state index in [1.807, 2.05) is 12.2 Å². The Bertz CT molecular complexity index is 70.6. The minimum absolute atomic E-state index is 0. The number of hydrogen-bond donors (Lipinski definition) is 0. The number of halogens is 2. The molecule has 0 aromatic carbocycles. The van der Waals surface area contributed by atoms with Crippen molar-refractivity contribution in [2.45, 2.75) is 6.42 Å². The van der Waals surface area contributed by atoms with Crippen LogP contribution in [-0.4, -0.2) is 0 Å². The molecule has 3 heteroatoms. The molecule has 0 aliphatic heterocycles. The van der Waals surface area contributed by atoms with Gasteiger partial charge in [0.05, 0.1) is 0 Å². The maximum atomic E-state index is 2.99. The third-order valence-corrected chi connectivity index (χ3v) is 0.586.